The summed E-state index contributed by atoms with van der Waals surface area (Å²) in [6, 6.07) is 0. The molecule has 0 fully saturated rings. The summed E-state index contributed by atoms with van der Waals surface area (Å²) in [5.74, 6) is 1.16. The second-order valence-electron chi connectivity index (χ2n) is 2.90. The van der Waals surface area contributed by atoms with Crippen LogP contribution in [0.1, 0.15) is 13.3 Å². The van der Waals surface area contributed by atoms with Crippen LogP contribution in [0.3, 0.4) is 0 Å². The van der Waals surface area contributed by atoms with Crippen molar-refractivity contribution in [2.75, 3.05) is 30.8 Å². The zero-order valence-corrected chi connectivity index (χ0v) is 10.2. The smallest absolute Gasteiger partial charge is 0.145 e. The van der Waals surface area contributed by atoms with Crippen LogP contribution in [-0.2, 0) is 4.74 Å². The minimum absolute atomic E-state index is 0.442. The van der Waals surface area contributed by atoms with E-state index in [0.29, 0.717) is 10.3 Å². The molecule has 0 aliphatic carbocycles. The highest BCUT2D eigenvalue weighted by Gasteiger charge is 2.04. The molecule has 84 valence electrons. The van der Waals surface area contributed by atoms with Crippen LogP contribution in [0.2, 0.25) is 0 Å². The summed E-state index contributed by atoms with van der Waals surface area (Å²) in [5, 5.41) is 3.15. The van der Waals surface area contributed by atoms with Crippen molar-refractivity contribution in [2.24, 2.45) is 0 Å². The van der Waals surface area contributed by atoms with E-state index in [1.54, 1.807) is 0 Å². The molecule has 15 heavy (non-hydrogen) atoms. The monoisotopic (exact) mass is 274 g/mol. The van der Waals surface area contributed by atoms with Gasteiger partial charge < -0.3 is 15.8 Å². The Bertz CT molecular complexity index is 308. The lowest BCUT2D eigenvalue weighted by molar-refractivity contribution is 0.147. The first kappa shape index (κ1) is 12.2. The van der Waals surface area contributed by atoms with E-state index >= 15 is 0 Å². The van der Waals surface area contributed by atoms with Crippen LogP contribution in [0.5, 0.6) is 0 Å². The molecule has 0 aromatic carbocycles. The Hall–Kier alpha value is -0.880. The van der Waals surface area contributed by atoms with Crippen LogP contribution in [0.4, 0.5) is 11.6 Å². The number of hydrogen-bond donors (Lipinski definition) is 2. The van der Waals surface area contributed by atoms with Gasteiger partial charge in [-0.25, -0.2) is 9.97 Å². The highest BCUT2D eigenvalue weighted by atomic mass is 79.9. The van der Waals surface area contributed by atoms with Gasteiger partial charge in [0.25, 0.3) is 0 Å². The number of halogens is 1. The second kappa shape index (κ2) is 6.58. The van der Waals surface area contributed by atoms with Crippen LogP contribution in [0.25, 0.3) is 0 Å². The molecule has 0 amide bonds. The van der Waals surface area contributed by atoms with Crippen molar-refractivity contribution in [1.29, 1.82) is 0 Å². The van der Waals surface area contributed by atoms with Gasteiger partial charge in [-0.3, -0.25) is 0 Å². The lowest BCUT2D eigenvalue weighted by atomic mass is 10.4. The Kier molecular flexibility index (Phi) is 5.34. The molecule has 1 heterocycles. The number of ether oxygens (including phenoxy) is 1. The van der Waals surface area contributed by atoms with Crippen molar-refractivity contribution in [2.45, 2.75) is 13.3 Å². The van der Waals surface area contributed by atoms with Gasteiger partial charge in [0.1, 0.15) is 22.4 Å². The molecule has 0 atom stereocenters. The Labute approximate surface area is 97.6 Å². The molecule has 0 aliphatic rings. The zero-order valence-electron chi connectivity index (χ0n) is 8.66. The van der Waals surface area contributed by atoms with Crippen molar-refractivity contribution in [3.63, 3.8) is 0 Å². The van der Waals surface area contributed by atoms with Gasteiger partial charge >= 0.3 is 0 Å². The molecule has 0 aliphatic heterocycles. The van der Waals surface area contributed by atoms with Gasteiger partial charge in [0.2, 0.25) is 0 Å². The molecule has 0 radical (unpaired) electrons. The van der Waals surface area contributed by atoms with Crippen LogP contribution in [0.15, 0.2) is 10.8 Å². The third-order valence-corrected chi connectivity index (χ3v) is 2.56. The molecule has 1 rings (SSSR count). The summed E-state index contributed by atoms with van der Waals surface area (Å²) in [7, 11) is 0. The summed E-state index contributed by atoms with van der Waals surface area (Å²) >= 11 is 3.32. The van der Waals surface area contributed by atoms with E-state index in [9.17, 15) is 0 Å². The fraction of sp³-hybridized carbons (Fsp3) is 0.556. The first-order valence-electron chi connectivity index (χ1n) is 4.83. The number of anilines is 2. The third-order valence-electron chi connectivity index (χ3n) is 1.78. The van der Waals surface area contributed by atoms with E-state index in [2.05, 4.69) is 31.2 Å². The van der Waals surface area contributed by atoms with Gasteiger partial charge in [-0.05, 0) is 29.3 Å². The largest absolute Gasteiger partial charge is 0.383 e. The molecule has 1 aromatic heterocycles. The van der Waals surface area contributed by atoms with Crippen LogP contribution >= 0.6 is 15.9 Å². The molecule has 0 bridgehead atoms. The Morgan fingerprint density at radius 3 is 3.07 bits per heavy atom. The normalized spacial score (nSPS) is 10.3. The number of nitrogens with two attached hydrogens (primary N) is 1. The van der Waals surface area contributed by atoms with Crippen LogP contribution < -0.4 is 11.1 Å². The van der Waals surface area contributed by atoms with Gasteiger partial charge in [-0.2, -0.15) is 0 Å². The summed E-state index contributed by atoms with van der Waals surface area (Å²) in [4.78, 5) is 7.92. The minimum Gasteiger partial charge on any atom is -0.383 e. The summed E-state index contributed by atoms with van der Waals surface area (Å²) < 4.78 is 5.93. The molecule has 5 nitrogen and oxygen atoms in total. The number of nitrogens with one attached hydrogen (secondary N) is 1. The standard InChI is InChI=1S/C9H15BrN4O/c1-2-15-5-3-4-12-9-7(10)8(11)13-6-14-9/h6H,2-5H2,1H3,(H3,11,12,13,14). The quantitative estimate of drug-likeness (QED) is 0.772. The average Bonchev–Trinajstić information content (AvgIpc) is 2.24. The zero-order chi connectivity index (χ0) is 11.1. The molecular formula is C9H15BrN4O. The van der Waals surface area contributed by atoms with Gasteiger partial charge in [0.15, 0.2) is 0 Å². The third kappa shape index (κ3) is 4.01. The Balaban J connectivity index is 2.34. The SMILES string of the molecule is CCOCCCNc1ncnc(N)c1Br. The molecule has 0 saturated carbocycles. The predicted octanol–water partition coefficient (Wildman–Crippen LogP) is 1.66. The van der Waals surface area contributed by atoms with E-state index in [1.165, 1.54) is 6.33 Å². The topological polar surface area (TPSA) is 73.1 Å². The predicted molar refractivity (Wildman–Crippen MR) is 63.7 cm³/mol. The highest BCUT2D eigenvalue weighted by molar-refractivity contribution is 9.10. The first-order chi connectivity index (χ1) is 7.25. The molecular weight excluding hydrogens is 260 g/mol. The Morgan fingerprint density at radius 1 is 1.53 bits per heavy atom. The van der Waals surface area contributed by atoms with Gasteiger partial charge in [0.05, 0.1) is 0 Å². The van der Waals surface area contributed by atoms with Crippen LogP contribution in [-0.4, -0.2) is 29.7 Å². The molecule has 6 heteroatoms. The van der Waals surface area contributed by atoms with Gasteiger partial charge in [0, 0.05) is 19.8 Å². The van der Waals surface area contributed by atoms with Crippen molar-refractivity contribution in [3.05, 3.63) is 10.8 Å². The molecule has 3 N–H and O–H groups in total. The number of aromatic nitrogens is 2. The minimum atomic E-state index is 0.442. The van der Waals surface area contributed by atoms with E-state index in [4.69, 9.17) is 10.5 Å². The maximum atomic E-state index is 5.61. The summed E-state index contributed by atoms with van der Waals surface area (Å²) in [6.07, 6.45) is 2.37. The lowest BCUT2D eigenvalue weighted by Gasteiger charge is -2.07. The number of nitrogen functional groups attached to an aromatic ring is 1. The van der Waals surface area contributed by atoms with Crippen molar-refractivity contribution in [3.8, 4) is 0 Å². The average molecular weight is 275 g/mol. The van der Waals surface area contributed by atoms with Gasteiger partial charge in [-0.15, -0.1) is 0 Å². The maximum absolute atomic E-state index is 5.61. The molecule has 0 saturated heterocycles. The van der Waals surface area contributed by atoms with E-state index in [-0.39, 0.29) is 0 Å². The van der Waals surface area contributed by atoms with E-state index in [1.807, 2.05) is 6.92 Å². The lowest BCUT2D eigenvalue weighted by Crippen LogP contribution is -2.08. The first-order valence-corrected chi connectivity index (χ1v) is 5.62. The highest BCUT2D eigenvalue weighted by Crippen LogP contribution is 2.23. The van der Waals surface area contributed by atoms with Crippen molar-refractivity contribution < 1.29 is 4.74 Å². The van der Waals surface area contributed by atoms with E-state index in [0.717, 1.165) is 32.0 Å². The number of rotatable bonds is 6. The van der Waals surface area contributed by atoms with Crippen molar-refractivity contribution in [1.82, 2.24) is 9.97 Å². The molecule has 1 aromatic rings. The second-order valence-corrected chi connectivity index (χ2v) is 3.69. The summed E-state index contributed by atoms with van der Waals surface area (Å²) in [6.45, 7) is 4.29. The van der Waals surface area contributed by atoms with Gasteiger partial charge in [-0.1, -0.05) is 0 Å². The summed E-state index contributed by atoms with van der Waals surface area (Å²) in [5.41, 5.74) is 5.61. The number of hydrogen-bond acceptors (Lipinski definition) is 5. The fourth-order valence-corrected chi connectivity index (χ4v) is 1.38. The van der Waals surface area contributed by atoms with E-state index < -0.39 is 0 Å². The fourth-order valence-electron chi connectivity index (χ4n) is 1.03. The molecule has 0 spiro atoms. The maximum Gasteiger partial charge on any atom is 0.145 e. The molecule has 0 unspecified atom stereocenters. The van der Waals surface area contributed by atoms with Crippen molar-refractivity contribution >= 4 is 27.6 Å². The number of nitrogens with zero attached hydrogens (tertiary/aromatic N) is 2. The van der Waals surface area contributed by atoms with Crippen LogP contribution in [0, 0.1) is 0 Å². The Morgan fingerprint density at radius 2 is 2.33 bits per heavy atom.